The molecular weight excluding hydrogens is 143 g/mol. The van der Waals surface area contributed by atoms with E-state index in [1.54, 1.807) is 6.07 Å². The van der Waals surface area contributed by atoms with Crippen molar-refractivity contribution >= 4 is 14.5 Å². The Balaban J connectivity index is 3.31. The van der Waals surface area contributed by atoms with Crippen molar-refractivity contribution in [3.8, 4) is 5.75 Å². The van der Waals surface area contributed by atoms with Crippen LogP contribution in [0.2, 0.25) is 0 Å². The highest BCUT2D eigenvalue weighted by Gasteiger charge is 1.98. The maximum atomic E-state index is 9.27. The molecule has 1 aromatic rings. The minimum absolute atomic E-state index is 0.380. The second-order valence-electron chi connectivity index (χ2n) is 2.50. The summed E-state index contributed by atoms with van der Waals surface area (Å²) in [5.74, 6) is 0.380. The Kier molecular flexibility index (Phi) is 1.96. The molecule has 0 radical (unpaired) electrons. The third-order valence-corrected chi connectivity index (χ3v) is 2.16. The Morgan fingerprint density at radius 3 is 2.40 bits per heavy atom. The predicted molar refractivity (Wildman–Crippen MR) is 46.9 cm³/mol. The monoisotopic (exact) mass is 154 g/mol. The normalized spacial score (nSPS) is 9.90. The molecule has 1 nitrogen and oxygen atoms in total. The van der Waals surface area contributed by atoms with Crippen LogP contribution in [0.15, 0.2) is 12.1 Å². The second kappa shape index (κ2) is 2.59. The van der Waals surface area contributed by atoms with Gasteiger partial charge in [-0.3, -0.25) is 0 Å². The number of hydrogen-bond acceptors (Lipinski definition) is 1. The smallest absolute Gasteiger partial charge is 0.119 e. The summed E-state index contributed by atoms with van der Waals surface area (Å²) in [6, 6.07) is 3.79. The van der Waals surface area contributed by atoms with Crippen molar-refractivity contribution < 1.29 is 5.11 Å². The van der Waals surface area contributed by atoms with Gasteiger partial charge in [-0.1, -0.05) is 6.07 Å². The number of phenols is 1. The van der Waals surface area contributed by atoms with Crippen LogP contribution in [0.5, 0.6) is 5.75 Å². The molecule has 0 aliphatic rings. The molecular formula is C8H11OP. The molecule has 1 aromatic carbocycles. The SMILES string of the molecule is Cc1cc(O)c(C)c(P)c1. The highest BCUT2D eigenvalue weighted by molar-refractivity contribution is 7.27. The van der Waals surface area contributed by atoms with Gasteiger partial charge in [0.25, 0.3) is 0 Å². The summed E-state index contributed by atoms with van der Waals surface area (Å²) in [6.45, 7) is 3.86. The minimum Gasteiger partial charge on any atom is -0.508 e. The number of rotatable bonds is 0. The van der Waals surface area contributed by atoms with E-state index >= 15 is 0 Å². The van der Waals surface area contributed by atoms with Gasteiger partial charge in [-0.2, -0.15) is 0 Å². The van der Waals surface area contributed by atoms with Crippen LogP contribution in [0.4, 0.5) is 0 Å². The van der Waals surface area contributed by atoms with Crippen molar-refractivity contribution in [2.75, 3.05) is 0 Å². The van der Waals surface area contributed by atoms with Gasteiger partial charge in [-0.25, -0.2) is 0 Å². The van der Waals surface area contributed by atoms with Gasteiger partial charge < -0.3 is 5.11 Å². The Morgan fingerprint density at radius 1 is 1.30 bits per heavy atom. The van der Waals surface area contributed by atoms with Crippen molar-refractivity contribution in [2.45, 2.75) is 13.8 Å². The van der Waals surface area contributed by atoms with E-state index in [0.717, 1.165) is 16.4 Å². The lowest BCUT2D eigenvalue weighted by Crippen LogP contribution is -1.97. The van der Waals surface area contributed by atoms with Gasteiger partial charge in [-0.05, 0) is 36.3 Å². The Bertz CT molecular complexity index is 232. The van der Waals surface area contributed by atoms with Crippen molar-refractivity contribution in [3.05, 3.63) is 23.3 Å². The first-order valence-electron chi connectivity index (χ1n) is 3.17. The van der Waals surface area contributed by atoms with Crippen LogP contribution in [-0.4, -0.2) is 5.11 Å². The van der Waals surface area contributed by atoms with Crippen molar-refractivity contribution in [2.24, 2.45) is 0 Å². The molecule has 0 aromatic heterocycles. The largest absolute Gasteiger partial charge is 0.508 e. The summed E-state index contributed by atoms with van der Waals surface area (Å²) in [7, 11) is 2.60. The Labute approximate surface area is 63.3 Å². The average Bonchev–Trinajstić information content (AvgIpc) is 1.82. The second-order valence-corrected chi connectivity index (χ2v) is 3.12. The molecule has 54 valence electrons. The third kappa shape index (κ3) is 1.30. The van der Waals surface area contributed by atoms with Crippen LogP contribution in [0.3, 0.4) is 0 Å². The van der Waals surface area contributed by atoms with Crippen molar-refractivity contribution in [1.82, 2.24) is 0 Å². The summed E-state index contributed by atoms with van der Waals surface area (Å²) in [5.41, 5.74) is 2.03. The maximum Gasteiger partial charge on any atom is 0.119 e. The quantitative estimate of drug-likeness (QED) is 0.561. The van der Waals surface area contributed by atoms with E-state index in [9.17, 15) is 5.11 Å². The van der Waals surface area contributed by atoms with Gasteiger partial charge in [0.2, 0.25) is 0 Å². The molecule has 2 heteroatoms. The van der Waals surface area contributed by atoms with E-state index < -0.39 is 0 Å². The zero-order chi connectivity index (χ0) is 7.72. The summed E-state index contributed by atoms with van der Waals surface area (Å²) >= 11 is 0. The lowest BCUT2D eigenvalue weighted by molar-refractivity contribution is 0.471. The number of phenolic OH excluding ortho intramolecular Hbond substituents is 1. The molecule has 0 spiro atoms. The zero-order valence-corrected chi connectivity index (χ0v) is 7.33. The van der Waals surface area contributed by atoms with Gasteiger partial charge in [0.05, 0.1) is 0 Å². The number of aryl methyl sites for hydroxylation is 1. The van der Waals surface area contributed by atoms with Crippen molar-refractivity contribution in [1.29, 1.82) is 0 Å². The highest BCUT2D eigenvalue weighted by Crippen LogP contribution is 2.16. The molecule has 0 aliphatic heterocycles. The Morgan fingerprint density at radius 2 is 1.90 bits per heavy atom. The van der Waals surface area contributed by atoms with Crippen LogP contribution in [-0.2, 0) is 0 Å². The van der Waals surface area contributed by atoms with E-state index in [1.807, 2.05) is 19.9 Å². The van der Waals surface area contributed by atoms with E-state index in [-0.39, 0.29) is 0 Å². The molecule has 0 saturated heterocycles. The van der Waals surface area contributed by atoms with E-state index in [2.05, 4.69) is 9.24 Å². The average molecular weight is 154 g/mol. The highest BCUT2D eigenvalue weighted by atomic mass is 31.0. The first kappa shape index (κ1) is 7.56. The molecule has 1 atom stereocenters. The number of hydrogen-bond donors (Lipinski definition) is 1. The maximum absolute atomic E-state index is 9.27. The molecule has 0 fully saturated rings. The molecule has 1 rings (SSSR count). The summed E-state index contributed by atoms with van der Waals surface area (Å²) < 4.78 is 0. The fourth-order valence-corrected chi connectivity index (χ4v) is 1.28. The van der Waals surface area contributed by atoms with Crippen LogP contribution < -0.4 is 5.30 Å². The summed E-state index contributed by atoms with van der Waals surface area (Å²) in [4.78, 5) is 0. The van der Waals surface area contributed by atoms with Crippen molar-refractivity contribution in [3.63, 3.8) is 0 Å². The van der Waals surface area contributed by atoms with Gasteiger partial charge in [-0.15, -0.1) is 9.24 Å². The first-order chi connectivity index (χ1) is 4.61. The molecule has 0 heterocycles. The molecule has 0 saturated carbocycles. The Hall–Kier alpha value is -0.550. The lowest BCUT2D eigenvalue weighted by Gasteiger charge is -2.03. The fraction of sp³-hybridized carbons (Fsp3) is 0.250. The number of aromatic hydroxyl groups is 1. The molecule has 0 amide bonds. The topological polar surface area (TPSA) is 20.2 Å². The van der Waals surface area contributed by atoms with Crippen LogP contribution in [0.25, 0.3) is 0 Å². The minimum atomic E-state index is 0.380. The molecule has 0 bridgehead atoms. The first-order valence-corrected chi connectivity index (χ1v) is 3.74. The number of benzene rings is 1. The lowest BCUT2D eigenvalue weighted by atomic mass is 10.1. The molecule has 0 aliphatic carbocycles. The predicted octanol–water partition coefficient (Wildman–Crippen LogP) is 1.51. The van der Waals surface area contributed by atoms with E-state index in [4.69, 9.17) is 0 Å². The van der Waals surface area contributed by atoms with Crippen LogP contribution >= 0.6 is 9.24 Å². The standard InChI is InChI=1S/C8H11OP/c1-5-3-7(9)6(2)8(10)4-5/h3-4,9H,10H2,1-2H3. The third-order valence-electron chi connectivity index (χ3n) is 1.56. The van der Waals surface area contributed by atoms with E-state index in [1.165, 1.54) is 0 Å². The summed E-state index contributed by atoms with van der Waals surface area (Å²) in [5, 5.41) is 10.3. The summed E-state index contributed by atoms with van der Waals surface area (Å²) in [6.07, 6.45) is 0. The molecule has 1 N–H and O–H groups in total. The fourth-order valence-electron chi connectivity index (χ4n) is 0.867. The zero-order valence-electron chi connectivity index (χ0n) is 6.18. The van der Waals surface area contributed by atoms with Gasteiger partial charge in [0.15, 0.2) is 0 Å². The van der Waals surface area contributed by atoms with Crippen LogP contribution in [0.1, 0.15) is 11.1 Å². The molecule has 1 unspecified atom stereocenters. The van der Waals surface area contributed by atoms with E-state index in [0.29, 0.717) is 5.75 Å². The van der Waals surface area contributed by atoms with Gasteiger partial charge >= 0.3 is 0 Å². The van der Waals surface area contributed by atoms with Gasteiger partial charge in [0.1, 0.15) is 5.75 Å². The molecule has 10 heavy (non-hydrogen) atoms. The van der Waals surface area contributed by atoms with Crippen LogP contribution in [0, 0.1) is 13.8 Å². The van der Waals surface area contributed by atoms with Gasteiger partial charge in [0, 0.05) is 0 Å².